The van der Waals surface area contributed by atoms with E-state index in [9.17, 15) is 23.2 Å². The molecule has 1 heterocycles. The highest BCUT2D eigenvalue weighted by molar-refractivity contribution is 5.94. The van der Waals surface area contributed by atoms with Gasteiger partial charge >= 0.3 is 0 Å². The Balaban J connectivity index is 1.70. The number of rotatable bonds is 5. The molecule has 4 rings (SSSR count). The van der Waals surface area contributed by atoms with E-state index in [1.54, 1.807) is 12.1 Å². The predicted molar refractivity (Wildman–Crippen MR) is 104 cm³/mol. The third-order valence-electron chi connectivity index (χ3n) is 6.59. The first-order valence-corrected chi connectivity index (χ1v) is 9.91. The molecule has 0 saturated heterocycles. The number of nitrogens with zero attached hydrogens (tertiary/aromatic N) is 3. The van der Waals surface area contributed by atoms with Gasteiger partial charge in [-0.1, -0.05) is 0 Å². The van der Waals surface area contributed by atoms with E-state index in [-0.39, 0.29) is 17.9 Å². The maximum Gasteiger partial charge on any atom is 0.284 e. The van der Waals surface area contributed by atoms with Crippen molar-refractivity contribution in [2.24, 2.45) is 5.92 Å². The number of imidazole rings is 1. The molecule has 30 heavy (non-hydrogen) atoms. The lowest BCUT2D eigenvalue weighted by Gasteiger charge is -2.47. The molecule has 2 aliphatic rings. The van der Waals surface area contributed by atoms with Gasteiger partial charge in [0.25, 0.3) is 5.92 Å². The summed E-state index contributed by atoms with van der Waals surface area (Å²) in [6, 6.07) is 5.34. The van der Waals surface area contributed by atoms with E-state index in [2.05, 4.69) is 16.4 Å². The standard InChI is InChI=1S/C21H23F3N4O2/c1-19(7-4-8-19)28-16-14(6-5-12(11-25)17(16)30-3)26-18(28)27-15(29)9-13-10-20(2,22)21(13,23)24/h5-6,13H,4,7-10H2,1-3H3,(H,26,27,29). The van der Waals surface area contributed by atoms with Gasteiger partial charge in [0.2, 0.25) is 11.9 Å². The van der Waals surface area contributed by atoms with Crippen LogP contribution in [-0.4, -0.2) is 34.2 Å². The van der Waals surface area contributed by atoms with E-state index in [4.69, 9.17) is 4.74 Å². The van der Waals surface area contributed by atoms with Gasteiger partial charge in [0.1, 0.15) is 11.6 Å². The third-order valence-corrected chi connectivity index (χ3v) is 6.59. The molecule has 9 heteroatoms. The average Bonchev–Trinajstić information content (AvgIpc) is 3.02. The van der Waals surface area contributed by atoms with Crippen LogP contribution in [0, 0.1) is 17.2 Å². The molecule has 1 amide bonds. The molecule has 1 N–H and O–H groups in total. The quantitative estimate of drug-likeness (QED) is 0.771. The van der Waals surface area contributed by atoms with Gasteiger partial charge in [-0.15, -0.1) is 0 Å². The van der Waals surface area contributed by atoms with Gasteiger partial charge in [-0.25, -0.2) is 18.2 Å². The first-order valence-electron chi connectivity index (χ1n) is 9.91. The van der Waals surface area contributed by atoms with Gasteiger partial charge in [-0.2, -0.15) is 5.26 Å². The number of ether oxygens (including phenoxy) is 1. The monoisotopic (exact) mass is 420 g/mol. The fourth-order valence-corrected chi connectivity index (χ4v) is 4.57. The molecular weight excluding hydrogens is 397 g/mol. The summed E-state index contributed by atoms with van der Waals surface area (Å²) in [7, 11) is 1.46. The molecule has 2 atom stereocenters. The first-order chi connectivity index (χ1) is 14.0. The molecular formula is C21H23F3N4O2. The number of halogens is 3. The fraction of sp³-hybridized carbons (Fsp3) is 0.571. The summed E-state index contributed by atoms with van der Waals surface area (Å²) in [5.41, 5.74) is -1.48. The summed E-state index contributed by atoms with van der Waals surface area (Å²) in [4.78, 5) is 17.0. The number of methoxy groups -OCH3 is 1. The molecule has 2 fully saturated rings. The van der Waals surface area contributed by atoms with E-state index in [1.807, 2.05) is 11.5 Å². The van der Waals surface area contributed by atoms with Crippen LogP contribution in [-0.2, 0) is 10.3 Å². The Kier molecular flexibility index (Phi) is 4.53. The summed E-state index contributed by atoms with van der Waals surface area (Å²) in [5, 5.41) is 12.1. The number of benzene rings is 1. The number of nitrogens with one attached hydrogen (secondary N) is 1. The normalized spacial score (nSPS) is 26.4. The first kappa shape index (κ1) is 20.5. The number of carbonyl (C=O) groups is 1. The van der Waals surface area contributed by atoms with E-state index < -0.39 is 29.8 Å². The van der Waals surface area contributed by atoms with Crippen molar-refractivity contribution in [1.82, 2.24) is 9.55 Å². The number of carbonyl (C=O) groups excluding carboxylic acids is 1. The number of anilines is 1. The summed E-state index contributed by atoms with van der Waals surface area (Å²) in [6.45, 7) is 2.87. The minimum absolute atomic E-state index is 0.219. The average molecular weight is 420 g/mol. The van der Waals surface area contributed by atoms with Crippen LogP contribution in [0.2, 0.25) is 0 Å². The van der Waals surface area contributed by atoms with Crippen molar-refractivity contribution in [3.8, 4) is 11.8 Å². The van der Waals surface area contributed by atoms with Crippen LogP contribution in [0.15, 0.2) is 12.1 Å². The van der Waals surface area contributed by atoms with Crippen molar-refractivity contribution in [3.05, 3.63) is 17.7 Å². The van der Waals surface area contributed by atoms with Gasteiger partial charge in [-0.05, 0) is 51.7 Å². The smallest absolute Gasteiger partial charge is 0.284 e. The number of hydrogen-bond acceptors (Lipinski definition) is 4. The van der Waals surface area contributed by atoms with Gasteiger partial charge < -0.3 is 9.30 Å². The minimum atomic E-state index is -3.53. The second-order valence-electron chi connectivity index (χ2n) is 8.72. The zero-order chi connectivity index (χ0) is 21.9. The maximum absolute atomic E-state index is 13.9. The highest BCUT2D eigenvalue weighted by Gasteiger charge is 2.67. The Hall–Kier alpha value is -2.76. The van der Waals surface area contributed by atoms with Crippen LogP contribution < -0.4 is 10.1 Å². The number of aromatic nitrogens is 2. The summed E-state index contributed by atoms with van der Waals surface area (Å²) < 4.78 is 48.9. The van der Waals surface area contributed by atoms with Crippen molar-refractivity contribution in [2.45, 2.75) is 63.1 Å². The Bertz CT molecular complexity index is 1070. The zero-order valence-electron chi connectivity index (χ0n) is 17.1. The van der Waals surface area contributed by atoms with Gasteiger partial charge in [0, 0.05) is 17.9 Å². The third kappa shape index (κ3) is 2.84. The number of fused-ring (bicyclic) bond motifs is 1. The topological polar surface area (TPSA) is 79.9 Å². The van der Waals surface area contributed by atoms with Crippen LogP contribution >= 0.6 is 0 Å². The van der Waals surface area contributed by atoms with Gasteiger partial charge in [-0.3, -0.25) is 10.1 Å². The lowest BCUT2D eigenvalue weighted by molar-refractivity contribution is -0.248. The van der Waals surface area contributed by atoms with E-state index in [1.165, 1.54) is 7.11 Å². The summed E-state index contributed by atoms with van der Waals surface area (Å²) in [5.74, 6) is -4.94. The zero-order valence-corrected chi connectivity index (χ0v) is 17.1. The van der Waals surface area contributed by atoms with E-state index >= 15 is 0 Å². The number of amides is 1. The predicted octanol–water partition coefficient (Wildman–Crippen LogP) is 4.53. The molecule has 2 saturated carbocycles. The summed E-state index contributed by atoms with van der Waals surface area (Å²) >= 11 is 0. The van der Waals surface area contributed by atoms with Gasteiger partial charge in [0.15, 0.2) is 11.4 Å². The molecule has 0 radical (unpaired) electrons. The molecule has 2 unspecified atom stereocenters. The Morgan fingerprint density at radius 3 is 2.57 bits per heavy atom. The van der Waals surface area contributed by atoms with Crippen LogP contribution in [0.1, 0.15) is 51.5 Å². The molecule has 2 aromatic rings. The van der Waals surface area contributed by atoms with Crippen LogP contribution in [0.3, 0.4) is 0 Å². The minimum Gasteiger partial charge on any atom is -0.493 e. The highest BCUT2D eigenvalue weighted by atomic mass is 19.3. The molecule has 0 aliphatic heterocycles. The highest BCUT2D eigenvalue weighted by Crippen LogP contribution is 2.55. The van der Waals surface area contributed by atoms with Crippen LogP contribution in [0.5, 0.6) is 5.75 Å². The molecule has 1 aromatic heterocycles. The molecule has 6 nitrogen and oxygen atoms in total. The molecule has 0 bridgehead atoms. The van der Waals surface area contributed by atoms with Crippen molar-refractivity contribution >= 4 is 22.9 Å². The molecule has 0 spiro atoms. The fourth-order valence-electron chi connectivity index (χ4n) is 4.57. The van der Waals surface area contributed by atoms with Crippen LogP contribution in [0.25, 0.3) is 11.0 Å². The Labute approximate surface area is 172 Å². The molecule has 160 valence electrons. The van der Waals surface area contributed by atoms with Crippen molar-refractivity contribution < 1.29 is 22.7 Å². The Morgan fingerprint density at radius 1 is 1.37 bits per heavy atom. The lowest BCUT2D eigenvalue weighted by atomic mass is 9.67. The lowest BCUT2D eigenvalue weighted by Crippen LogP contribution is -2.60. The second-order valence-corrected chi connectivity index (χ2v) is 8.72. The van der Waals surface area contributed by atoms with Crippen molar-refractivity contribution in [2.75, 3.05) is 12.4 Å². The van der Waals surface area contributed by atoms with Crippen LogP contribution in [0.4, 0.5) is 19.1 Å². The maximum atomic E-state index is 13.9. The number of nitriles is 1. The van der Waals surface area contributed by atoms with E-state index in [0.29, 0.717) is 22.3 Å². The number of alkyl halides is 3. The summed E-state index contributed by atoms with van der Waals surface area (Å²) in [6.07, 6.45) is 1.81. The van der Waals surface area contributed by atoms with E-state index in [0.717, 1.165) is 26.2 Å². The Morgan fingerprint density at radius 2 is 2.07 bits per heavy atom. The molecule has 2 aliphatic carbocycles. The van der Waals surface area contributed by atoms with Crippen molar-refractivity contribution in [1.29, 1.82) is 5.26 Å². The van der Waals surface area contributed by atoms with Gasteiger partial charge in [0.05, 0.1) is 18.2 Å². The molecule has 1 aromatic carbocycles. The van der Waals surface area contributed by atoms with Crippen molar-refractivity contribution in [3.63, 3.8) is 0 Å². The SMILES string of the molecule is COc1c(C#N)ccc2nc(NC(=O)CC3CC(C)(F)C3(F)F)n(C3(C)CCC3)c12. The number of hydrogen-bond donors (Lipinski definition) is 1. The largest absolute Gasteiger partial charge is 0.493 e. The second kappa shape index (κ2) is 6.62.